The van der Waals surface area contributed by atoms with E-state index in [-0.39, 0.29) is 17.5 Å². The number of ketones is 1. The summed E-state index contributed by atoms with van der Waals surface area (Å²) in [5.74, 6) is 0.641. The molecule has 1 aliphatic carbocycles. The largest absolute Gasteiger partial charge is 0.299 e. The van der Waals surface area contributed by atoms with Gasteiger partial charge in [0.1, 0.15) is 11.6 Å². The summed E-state index contributed by atoms with van der Waals surface area (Å²) in [4.78, 5) is 12.2. The van der Waals surface area contributed by atoms with Gasteiger partial charge in [-0.1, -0.05) is 42.7 Å². The molecule has 0 spiro atoms. The van der Waals surface area contributed by atoms with Gasteiger partial charge in [-0.2, -0.15) is 5.53 Å². The fourth-order valence-electron chi connectivity index (χ4n) is 2.82. The zero-order valence-electron chi connectivity index (χ0n) is 12.2. The molecule has 0 amide bonds. The number of anilines is 1. The van der Waals surface area contributed by atoms with E-state index in [1.807, 2.05) is 18.2 Å². The molecule has 0 atom stereocenters. The molecule has 1 aromatic rings. The number of benzene rings is 1. The van der Waals surface area contributed by atoms with Crippen molar-refractivity contribution in [2.45, 2.75) is 44.9 Å². The van der Waals surface area contributed by atoms with Gasteiger partial charge in [0.15, 0.2) is 0 Å². The van der Waals surface area contributed by atoms with E-state index in [9.17, 15) is 4.79 Å². The smallest absolute Gasteiger partial charge is 0.136 e. The number of hydrogen-bond acceptors (Lipinski definition) is 4. The number of nitrogens with one attached hydrogen (secondary N) is 2. The SMILES string of the molecule is N=NN(C(=N)CCC(=O)C1CCCCC1)c1ccccc1. The van der Waals surface area contributed by atoms with Crippen molar-refractivity contribution in [3.63, 3.8) is 0 Å². The fourth-order valence-corrected chi connectivity index (χ4v) is 2.82. The first-order valence-electron chi connectivity index (χ1n) is 7.55. The van der Waals surface area contributed by atoms with Gasteiger partial charge < -0.3 is 0 Å². The molecule has 2 rings (SSSR count). The van der Waals surface area contributed by atoms with E-state index in [4.69, 9.17) is 10.9 Å². The van der Waals surface area contributed by atoms with Crippen molar-refractivity contribution in [1.82, 2.24) is 0 Å². The highest BCUT2D eigenvalue weighted by Crippen LogP contribution is 2.26. The molecule has 112 valence electrons. The van der Waals surface area contributed by atoms with Gasteiger partial charge in [-0.3, -0.25) is 10.2 Å². The van der Waals surface area contributed by atoms with Crippen LogP contribution in [0.15, 0.2) is 35.6 Å². The predicted octanol–water partition coefficient (Wildman–Crippen LogP) is 4.35. The zero-order valence-corrected chi connectivity index (χ0v) is 12.2. The number of nitrogens with zero attached hydrogens (tertiary/aromatic N) is 2. The molecule has 0 radical (unpaired) electrons. The van der Waals surface area contributed by atoms with Gasteiger partial charge in [0.25, 0.3) is 0 Å². The molecule has 5 heteroatoms. The van der Waals surface area contributed by atoms with E-state index in [1.54, 1.807) is 12.1 Å². The maximum atomic E-state index is 12.2. The first-order chi connectivity index (χ1) is 10.2. The standard InChI is InChI=1S/C16H22N4O/c17-16(20(19-18)14-9-5-2-6-10-14)12-11-15(21)13-7-3-1-4-8-13/h2,5-6,9-10,13,17-18H,1,3-4,7-8,11-12H2. The van der Waals surface area contributed by atoms with E-state index in [2.05, 4.69) is 5.22 Å². The van der Waals surface area contributed by atoms with Crippen LogP contribution < -0.4 is 5.01 Å². The molecule has 21 heavy (non-hydrogen) atoms. The summed E-state index contributed by atoms with van der Waals surface area (Å²) in [5, 5.41) is 12.7. The first-order valence-corrected chi connectivity index (χ1v) is 7.55. The quantitative estimate of drug-likeness (QED) is 0.353. The Labute approximate surface area is 125 Å². The first kappa shape index (κ1) is 15.4. The summed E-state index contributed by atoms with van der Waals surface area (Å²) < 4.78 is 0. The number of rotatable bonds is 6. The van der Waals surface area contributed by atoms with Crippen molar-refractivity contribution in [2.24, 2.45) is 11.1 Å². The summed E-state index contributed by atoms with van der Waals surface area (Å²) in [6, 6.07) is 9.16. The van der Waals surface area contributed by atoms with Gasteiger partial charge in [0.05, 0.1) is 5.69 Å². The van der Waals surface area contributed by atoms with Crippen LogP contribution in [0.1, 0.15) is 44.9 Å². The Morgan fingerprint density at radius 3 is 2.43 bits per heavy atom. The molecule has 0 bridgehead atoms. The molecule has 1 aliphatic rings. The summed E-state index contributed by atoms with van der Waals surface area (Å²) in [6.07, 6.45) is 6.24. The Morgan fingerprint density at radius 2 is 1.81 bits per heavy atom. The van der Waals surface area contributed by atoms with Crippen LogP contribution >= 0.6 is 0 Å². The van der Waals surface area contributed by atoms with Gasteiger partial charge in [-0.05, 0) is 25.0 Å². The van der Waals surface area contributed by atoms with Gasteiger partial charge >= 0.3 is 0 Å². The Kier molecular flexibility index (Phi) is 5.60. The second-order valence-corrected chi connectivity index (χ2v) is 5.50. The molecular weight excluding hydrogens is 264 g/mol. The van der Waals surface area contributed by atoms with Crippen molar-refractivity contribution >= 4 is 17.3 Å². The van der Waals surface area contributed by atoms with Gasteiger partial charge in [-0.25, -0.2) is 5.01 Å². The Hall–Kier alpha value is -2.04. The third-order valence-corrected chi connectivity index (χ3v) is 4.03. The number of carbonyl (C=O) groups excluding carboxylic acids is 1. The van der Waals surface area contributed by atoms with Crippen LogP contribution in [-0.2, 0) is 4.79 Å². The predicted molar refractivity (Wildman–Crippen MR) is 82.6 cm³/mol. The minimum absolute atomic E-state index is 0.185. The molecule has 1 saturated carbocycles. The highest BCUT2D eigenvalue weighted by atomic mass is 16.1. The summed E-state index contributed by atoms with van der Waals surface area (Å²) in [5.41, 5.74) is 7.92. The van der Waals surface area contributed by atoms with Crippen molar-refractivity contribution in [2.75, 3.05) is 5.01 Å². The molecule has 2 N–H and O–H groups in total. The number of Topliss-reactive ketones (excluding diaryl/α,β-unsaturated/α-hetero) is 1. The normalized spacial score (nSPS) is 15.4. The highest BCUT2D eigenvalue weighted by Gasteiger charge is 2.22. The minimum atomic E-state index is 0.185. The molecule has 0 heterocycles. The van der Waals surface area contributed by atoms with Gasteiger partial charge in [0, 0.05) is 18.8 Å². The molecule has 5 nitrogen and oxygen atoms in total. The van der Waals surface area contributed by atoms with Crippen LogP contribution in [-0.4, -0.2) is 11.6 Å². The lowest BCUT2D eigenvalue weighted by molar-refractivity contribution is -0.123. The highest BCUT2D eigenvalue weighted by molar-refractivity contribution is 5.97. The van der Waals surface area contributed by atoms with Crippen molar-refractivity contribution < 1.29 is 4.79 Å². The summed E-state index contributed by atoms with van der Waals surface area (Å²) in [6.45, 7) is 0. The molecule has 1 aromatic carbocycles. The van der Waals surface area contributed by atoms with Crippen LogP contribution in [0.4, 0.5) is 5.69 Å². The molecule has 0 unspecified atom stereocenters. The van der Waals surface area contributed by atoms with Crippen LogP contribution in [0.5, 0.6) is 0 Å². The fraction of sp³-hybridized carbons (Fsp3) is 0.500. The number of hydrogen-bond donors (Lipinski definition) is 2. The van der Waals surface area contributed by atoms with E-state index < -0.39 is 0 Å². The summed E-state index contributed by atoms with van der Waals surface area (Å²) >= 11 is 0. The van der Waals surface area contributed by atoms with E-state index in [1.165, 1.54) is 11.4 Å². The van der Waals surface area contributed by atoms with Crippen LogP contribution in [0.25, 0.3) is 0 Å². The average Bonchev–Trinajstić information content (AvgIpc) is 2.55. The third-order valence-electron chi connectivity index (χ3n) is 4.03. The topological polar surface area (TPSA) is 80.4 Å². The molecule has 0 saturated heterocycles. The molecule has 1 fully saturated rings. The number of amidine groups is 1. The Morgan fingerprint density at radius 1 is 1.14 bits per heavy atom. The van der Waals surface area contributed by atoms with E-state index in [0.29, 0.717) is 18.5 Å². The Balaban J connectivity index is 1.88. The monoisotopic (exact) mass is 286 g/mol. The van der Waals surface area contributed by atoms with Crippen LogP contribution in [0.2, 0.25) is 0 Å². The van der Waals surface area contributed by atoms with Crippen molar-refractivity contribution in [3.8, 4) is 0 Å². The lowest BCUT2D eigenvalue weighted by atomic mass is 9.85. The molecule has 0 aromatic heterocycles. The molecule has 0 aliphatic heterocycles. The average molecular weight is 286 g/mol. The summed E-state index contributed by atoms with van der Waals surface area (Å²) in [7, 11) is 0. The third kappa shape index (κ3) is 4.21. The minimum Gasteiger partial charge on any atom is -0.299 e. The zero-order chi connectivity index (χ0) is 15.1. The van der Waals surface area contributed by atoms with Crippen LogP contribution in [0, 0.1) is 16.9 Å². The van der Waals surface area contributed by atoms with Crippen LogP contribution in [0.3, 0.4) is 0 Å². The van der Waals surface area contributed by atoms with Crippen molar-refractivity contribution in [1.29, 1.82) is 10.9 Å². The van der Waals surface area contributed by atoms with E-state index in [0.717, 1.165) is 25.7 Å². The maximum Gasteiger partial charge on any atom is 0.136 e. The number of para-hydroxylation sites is 1. The molecular formula is C16H22N4O. The lowest BCUT2D eigenvalue weighted by Crippen LogP contribution is -2.26. The van der Waals surface area contributed by atoms with Gasteiger partial charge in [-0.15, -0.1) is 0 Å². The maximum absolute atomic E-state index is 12.2. The Bertz CT molecular complexity index is 494. The second-order valence-electron chi connectivity index (χ2n) is 5.50. The lowest BCUT2D eigenvalue weighted by Gasteiger charge is -2.21. The van der Waals surface area contributed by atoms with Gasteiger partial charge in [0.2, 0.25) is 0 Å². The number of carbonyl (C=O) groups is 1. The van der Waals surface area contributed by atoms with E-state index >= 15 is 0 Å². The van der Waals surface area contributed by atoms with Crippen molar-refractivity contribution in [3.05, 3.63) is 30.3 Å². The second kappa shape index (κ2) is 7.67.